The number of fused-ring (bicyclic) bond motifs is 1. The van der Waals surface area contributed by atoms with Crippen molar-refractivity contribution in [1.29, 1.82) is 0 Å². The first-order valence-electron chi connectivity index (χ1n) is 8.75. The van der Waals surface area contributed by atoms with Gasteiger partial charge in [0.25, 0.3) is 5.56 Å². The molecule has 0 radical (unpaired) electrons. The van der Waals surface area contributed by atoms with Gasteiger partial charge < -0.3 is 5.32 Å². The molecule has 0 spiro atoms. The number of nitrogens with zero attached hydrogens (tertiary/aromatic N) is 2. The van der Waals surface area contributed by atoms with Gasteiger partial charge in [-0.2, -0.15) is 0 Å². The number of amides is 1. The summed E-state index contributed by atoms with van der Waals surface area (Å²) in [5.74, 6) is -0.162. The average Bonchev–Trinajstić information content (AvgIpc) is 2.66. The molecular weight excluding hydrogens is 394 g/mol. The summed E-state index contributed by atoms with van der Waals surface area (Å²) in [4.78, 5) is 30.1. The number of thioether (sulfide) groups is 1. The van der Waals surface area contributed by atoms with Gasteiger partial charge >= 0.3 is 0 Å². The van der Waals surface area contributed by atoms with Crippen LogP contribution in [0.2, 0.25) is 5.02 Å². The highest BCUT2D eigenvalue weighted by Gasteiger charge is 2.20. The lowest BCUT2D eigenvalue weighted by atomic mass is 10.2. The standard InChI is InChI=1S/C21H20ClN3O2S/c1-4-11-25-20(27)16-10-9-15(22)12-18(16)24-21(25)28-14(3)19(26)23-17-8-6-5-7-13(17)2/h4-10,12,14H,1,11H2,2-3H3,(H,23,26). The summed E-state index contributed by atoms with van der Waals surface area (Å²) in [6.45, 7) is 7.74. The third-order valence-corrected chi connectivity index (χ3v) is 5.57. The van der Waals surface area contributed by atoms with Gasteiger partial charge in [0.05, 0.1) is 16.2 Å². The van der Waals surface area contributed by atoms with Gasteiger partial charge in [-0.05, 0) is 43.7 Å². The molecule has 0 bridgehead atoms. The van der Waals surface area contributed by atoms with Crippen LogP contribution in [0.4, 0.5) is 5.69 Å². The zero-order valence-corrected chi connectivity index (χ0v) is 17.2. The molecule has 1 heterocycles. The molecule has 0 saturated heterocycles. The molecule has 0 saturated carbocycles. The lowest BCUT2D eigenvalue weighted by Gasteiger charge is -2.16. The monoisotopic (exact) mass is 413 g/mol. The first-order valence-corrected chi connectivity index (χ1v) is 10.0. The van der Waals surface area contributed by atoms with E-state index in [0.29, 0.717) is 27.6 Å². The molecule has 28 heavy (non-hydrogen) atoms. The SMILES string of the molecule is C=CCn1c(SC(C)C(=O)Nc2ccccc2C)nc2cc(Cl)ccc2c1=O. The molecule has 1 N–H and O–H groups in total. The molecule has 1 atom stereocenters. The Morgan fingerprint density at radius 2 is 2.11 bits per heavy atom. The summed E-state index contributed by atoms with van der Waals surface area (Å²) in [6, 6.07) is 12.6. The highest BCUT2D eigenvalue weighted by Crippen LogP contribution is 2.25. The van der Waals surface area contributed by atoms with Crippen molar-refractivity contribution in [1.82, 2.24) is 9.55 Å². The van der Waals surface area contributed by atoms with Gasteiger partial charge in [0.2, 0.25) is 5.91 Å². The Hall–Kier alpha value is -2.57. The number of benzene rings is 2. The van der Waals surface area contributed by atoms with E-state index in [0.717, 1.165) is 11.3 Å². The second-order valence-corrected chi connectivity index (χ2v) is 8.07. The van der Waals surface area contributed by atoms with E-state index >= 15 is 0 Å². The van der Waals surface area contributed by atoms with Gasteiger partial charge in [-0.15, -0.1) is 6.58 Å². The van der Waals surface area contributed by atoms with Crippen molar-refractivity contribution in [3.63, 3.8) is 0 Å². The van der Waals surface area contributed by atoms with Gasteiger partial charge in [0.15, 0.2) is 5.16 Å². The molecule has 2 aromatic carbocycles. The van der Waals surface area contributed by atoms with Crippen LogP contribution in [-0.4, -0.2) is 20.7 Å². The number of aryl methyl sites for hydroxylation is 1. The van der Waals surface area contributed by atoms with E-state index < -0.39 is 5.25 Å². The molecular formula is C21H20ClN3O2S. The molecule has 0 aliphatic carbocycles. The number of aromatic nitrogens is 2. The van der Waals surface area contributed by atoms with Crippen LogP contribution in [0.1, 0.15) is 12.5 Å². The molecule has 3 aromatic rings. The van der Waals surface area contributed by atoms with Crippen molar-refractivity contribution in [2.75, 3.05) is 5.32 Å². The predicted molar refractivity (Wildman–Crippen MR) is 116 cm³/mol. The van der Waals surface area contributed by atoms with Gasteiger partial charge in [-0.25, -0.2) is 4.98 Å². The zero-order chi connectivity index (χ0) is 20.3. The number of rotatable bonds is 6. The third-order valence-electron chi connectivity index (χ3n) is 4.25. The van der Waals surface area contributed by atoms with Crippen LogP contribution in [0.15, 0.2) is 65.1 Å². The Bertz CT molecular complexity index is 1110. The summed E-state index contributed by atoms with van der Waals surface area (Å²) >= 11 is 7.28. The van der Waals surface area contributed by atoms with Crippen LogP contribution in [-0.2, 0) is 11.3 Å². The van der Waals surface area contributed by atoms with Crippen molar-refractivity contribution < 1.29 is 4.79 Å². The molecule has 1 amide bonds. The molecule has 0 fully saturated rings. The number of carbonyl (C=O) groups is 1. The first kappa shape index (κ1) is 20.2. The lowest BCUT2D eigenvalue weighted by Crippen LogP contribution is -2.27. The number of halogens is 1. The molecule has 3 rings (SSSR count). The van der Waals surface area contributed by atoms with E-state index in [1.54, 1.807) is 31.2 Å². The number of para-hydroxylation sites is 1. The first-order chi connectivity index (χ1) is 13.4. The normalized spacial score (nSPS) is 12.0. The third kappa shape index (κ3) is 4.29. The number of anilines is 1. The topological polar surface area (TPSA) is 64.0 Å². The van der Waals surface area contributed by atoms with Gasteiger partial charge in [0.1, 0.15) is 0 Å². The Morgan fingerprint density at radius 3 is 2.82 bits per heavy atom. The Labute approximate surface area is 172 Å². The lowest BCUT2D eigenvalue weighted by molar-refractivity contribution is -0.115. The fourth-order valence-electron chi connectivity index (χ4n) is 2.71. The summed E-state index contributed by atoms with van der Waals surface area (Å²) in [6.07, 6.45) is 1.63. The van der Waals surface area contributed by atoms with Crippen LogP contribution in [0.3, 0.4) is 0 Å². The smallest absolute Gasteiger partial charge is 0.262 e. The molecule has 7 heteroatoms. The summed E-state index contributed by atoms with van der Waals surface area (Å²) in [7, 11) is 0. The Kier molecular flexibility index (Phi) is 6.21. The number of nitrogens with one attached hydrogen (secondary N) is 1. The van der Waals surface area contributed by atoms with E-state index in [-0.39, 0.29) is 11.5 Å². The molecule has 5 nitrogen and oxygen atoms in total. The second-order valence-electron chi connectivity index (χ2n) is 6.32. The van der Waals surface area contributed by atoms with Crippen molar-refractivity contribution in [2.45, 2.75) is 30.8 Å². The highest BCUT2D eigenvalue weighted by molar-refractivity contribution is 8.00. The summed E-state index contributed by atoms with van der Waals surface area (Å²) in [5.41, 5.74) is 2.07. The Morgan fingerprint density at radius 1 is 1.36 bits per heavy atom. The Balaban J connectivity index is 1.92. The average molecular weight is 414 g/mol. The summed E-state index contributed by atoms with van der Waals surface area (Å²) < 4.78 is 1.52. The maximum Gasteiger partial charge on any atom is 0.262 e. The van der Waals surface area contributed by atoms with Crippen LogP contribution < -0.4 is 10.9 Å². The molecule has 144 valence electrons. The van der Waals surface area contributed by atoms with Crippen molar-refractivity contribution in [2.24, 2.45) is 0 Å². The van der Waals surface area contributed by atoms with E-state index in [9.17, 15) is 9.59 Å². The van der Waals surface area contributed by atoms with E-state index in [1.807, 2.05) is 31.2 Å². The van der Waals surface area contributed by atoms with Crippen LogP contribution in [0.25, 0.3) is 10.9 Å². The number of carbonyl (C=O) groups excluding carboxylic acids is 1. The number of hydrogen-bond donors (Lipinski definition) is 1. The predicted octanol–water partition coefficient (Wildman–Crippen LogP) is 4.66. The zero-order valence-electron chi connectivity index (χ0n) is 15.6. The molecule has 0 aliphatic heterocycles. The maximum atomic E-state index is 12.9. The summed E-state index contributed by atoms with van der Waals surface area (Å²) in [5, 5.41) is 3.90. The second kappa shape index (κ2) is 8.63. The molecule has 1 aromatic heterocycles. The van der Waals surface area contributed by atoms with E-state index in [2.05, 4.69) is 16.9 Å². The number of hydrogen-bond acceptors (Lipinski definition) is 4. The van der Waals surface area contributed by atoms with Crippen molar-refractivity contribution in [3.05, 3.63) is 76.1 Å². The maximum absolute atomic E-state index is 12.9. The minimum absolute atomic E-state index is 0.162. The van der Waals surface area contributed by atoms with Crippen LogP contribution in [0.5, 0.6) is 0 Å². The van der Waals surface area contributed by atoms with Gasteiger partial charge in [0, 0.05) is 17.3 Å². The largest absolute Gasteiger partial charge is 0.325 e. The van der Waals surface area contributed by atoms with Crippen molar-refractivity contribution >= 4 is 45.9 Å². The quantitative estimate of drug-likeness (QED) is 0.362. The number of allylic oxidation sites excluding steroid dienone is 1. The minimum atomic E-state index is -0.459. The molecule has 1 unspecified atom stereocenters. The van der Waals surface area contributed by atoms with E-state index in [4.69, 9.17) is 11.6 Å². The van der Waals surface area contributed by atoms with Gasteiger partial charge in [-0.3, -0.25) is 14.2 Å². The van der Waals surface area contributed by atoms with Crippen LogP contribution in [0, 0.1) is 6.92 Å². The molecule has 0 aliphatic rings. The van der Waals surface area contributed by atoms with Crippen molar-refractivity contribution in [3.8, 4) is 0 Å². The van der Waals surface area contributed by atoms with E-state index in [1.165, 1.54) is 16.3 Å². The van der Waals surface area contributed by atoms with Crippen LogP contribution >= 0.6 is 23.4 Å². The minimum Gasteiger partial charge on any atom is -0.325 e. The highest BCUT2D eigenvalue weighted by atomic mass is 35.5. The fraction of sp³-hybridized carbons (Fsp3) is 0.190. The van der Waals surface area contributed by atoms with Gasteiger partial charge in [-0.1, -0.05) is 47.6 Å². The fourth-order valence-corrected chi connectivity index (χ4v) is 3.80.